The highest BCUT2D eigenvalue weighted by Crippen LogP contribution is 2.21. The molecule has 2 nitrogen and oxygen atoms in total. The molecule has 0 saturated carbocycles. The van der Waals surface area contributed by atoms with Crippen LogP contribution in [0.15, 0.2) is 42.5 Å². The summed E-state index contributed by atoms with van der Waals surface area (Å²) in [6, 6.07) is 11.5. The lowest BCUT2D eigenvalue weighted by Crippen LogP contribution is -1.99. The molecule has 0 saturated heterocycles. The molecule has 0 N–H and O–H groups in total. The summed E-state index contributed by atoms with van der Waals surface area (Å²) < 4.78 is 19.2. The molecule has 4 heteroatoms. The van der Waals surface area contributed by atoms with E-state index < -0.39 is 0 Å². The number of carbonyl (C=O) groups excluding carboxylic acids is 1. The quantitative estimate of drug-likeness (QED) is 0.595. The van der Waals surface area contributed by atoms with Gasteiger partial charge >= 0.3 is 0 Å². The van der Waals surface area contributed by atoms with Crippen molar-refractivity contribution in [1.82, 2.24) is 0 Å². The van der Waals surface area contributed by atoms with Gasteiger partial charge in [-0.25, -0.2) is 4.39 Å². The van der Waals surface area contributed by atoms with E-state index in [2.05, 4.69) is 22.6 Å². The Morgan fingerprint density at radius 3 is 2.47 bits per heavy atom. The fourth-order valence-corrected chi connectivity index (χ4v) is 2.48. The molecular weight excluding hydrogens is 358 g/mol. The van der Waals surface area contributed by atoms with Gasteiger partial charge < -0.3 is 4.74 Å². The Balaban J connectivity index is 2.06. The molecule has 0 spiro atoms. The van der Waals surface area contributed by atoms with Crippen LogP contribution in [0.5, 0.6) is 5.75 Å². The summed E-state index contributed by atoms with van der Waals surface area (Å²) in [5.74, 6) is 0.470. The van der Waals surface area contributed by atoms with E-state index in [0.29, 0.717) is 17.9 Å². The molecule has 0 fully saturated rings. The number of benzene rings is 2. The predicted molar refractivity (Wildman–Crippen MR) is 79.9 cm³/mol. The van der Waals surface area contributed by atoms with Crippen LogP contribution in [0.1, 0.15) is 22.8 Å². The minimum absolute atomic E-state index is 0.0366. The summed E-state index contributed by atoms with van der Waals surface area (Å²) in [6.07, 6.45) is 0. The van der Waals surface area contributed by atoms with Gasteiger partial charge in [0.25, 0.3) is 0 Å². The van der Waals surface area contributed by atoms with Gasteiger partial charge in [-0.1, -0.05) is 12.1 Å². The van der Waals surface area contributed by atoms with E-state index in [9.17, 15) is 9.18 Å². The first-order valence-corrected chi connectivity index (χ1v) is 6.82. The van der Waals surface area contributed by atoms with Crippen LogP contribution >= 0.6 is 22.6 Å². The maximum Gasteiger partial charge on any atom is 0.160 e. The van der Waals surface area contributed by atoms with Crippen molar-refractivity contribution in [3.05, 3.63) is 63.0 Å². The molecule has 2 aromatic rings. The molecule has 0 unspecified atom stereocenters. The van der Waals surface area contributed by atoms with Gasteiger partial charge in [0.05, 0.1) is 0 Å². The molecule has 0 heterocycles. The number of ketones is 1. The topological polar surface area (TPSA) is 26.3 Å². The minimum atomic E-state index is -0.260. The Hall–Kier alpha value is -1.43. The average molecular weight is 370 g/mol. The largest absolute Gasteiger partial charge is 0.489 e. The summed E-state index contributed by atoms with van der Waals surface area (Å²) in [4.78, 5) is 11.3. The molecule has 0 amide bonds. The Labute approximate surface area is 124 Å². The monoisotopic (exact) mass is 370 g/mol. The number of halogens is 2. The standard InChI is InChI=1S/C15H12FIO2/c1-10(18)14-7-6-13(8-15(14)17)19-9-11-2-4-12(16)5-3-11/h2-8H,9H2,1H3. The highest BCUT2D eigenvalue weighted by atomic mass is 127. The smallest absolute Gasteiger partial charge is 0.160 e. The van der Waals surface area contributed by atoms with E-state index in [1.54, 1.807) is 24.3 Å². The first-order chi connectivity index (χ1) is 9.06. The second kappa shape index (κ2) is 6.14. The molecule has 0 aliphatic heterocycles. The lowest BCUT2D eigenvalue weighted by atomic mass is 10.1. The van der Waals surface area contributed by atoms with Crippen molar-refractivity contribution in [3.8, 4) is 5.75 Å². The van der Waals surface area contributed by atoms with E-state index in [1.165, 1.54) is 19.1 Å². The average Bonchev–Trinajstić information content (AvgIpc) is 2.37. The van der Waals surface area contributed by atoms with Gasteiger partial charge in [0.1, 0.15) is 18.2 Å². The van der Waals surface area contributed by atoms with Crippen molar-refractivity contribution in [2.24, 2.45) is 0 Å². The molecular formula is C15H12FIO2. The van der Waals surface area contributed by atoms with Crippen LogP contribution in [-0.4, -0.2) is 5.78 Å². The second-order valence-electron chi connectivity index (χ2n) is 4.11. The Bertz CT molecular complexity index is 594. The number of hydrogen-bond acceptors (Lipinski definition) is 2. The molecule has 0 atom stereocenters. The highest BCUT2D eigenvalue weighted by molar-refractivity contribution is 14.1. The van der Waals surface area contributed by atoms with Crippen molar-refractivity contribution in [3.63, 3.8) is 0 Å². The number of rotatable bonds is 4. The number of hydrogen-bond donors (Lipinski definition) is 0. The summed E-state index contributed by atoms with van der Waals surface area (Å²) >= 11 is 2.11. The normalized spacial score (nSPS) is 10.3. The number of carbonyl (C=O) groups is 1. The van der Waals surface area contributed by atoms with Crippen LogP contribution in [0, 0.1) is 9.39 Å². The number of Topliss-reactive ketones (excluding diaryl/α,β-unsaturated/α-hetero) is 1. The summed E-state index contributed by atoms with van der Waals surface area (Å²) in [5.41, 5.74) is 1.58. The van der Waals surface area contributed by atoms with Crippen LogP contribution in [0.25, 0.3) is 0 Å². The van der Waals surface area contributed by atoms with Crippen LogP contribution in [0.4, 0.5) is 4.39 Å². The maximum atomic E-state index is 12.7. The van der Waals surface area contributed by atoms with Crippen LogP contribution in [-0.2, 0) is 6.61 Å². The Morgan fingerprint density at radius 2 is 1.89 bits per heavy atom. The minimum Gasteiger partial charge on any atom is -0.489 e. The Kier molecular flexibility index (Phi) is 4.52. The van der Waals surface area contributed by atoms with Crippen molar-refractivity contribution in [2.45, 2.75) is 13.5 Å². The van der Waals surface area contributed by atoms with E-state index >= 15 is 0 Å². The lowest BCUT2D eigenvalue weighted by Gasteiger charge is -2.08. The van der Waals surface area contributed by atoms with Crippen molar-refractivity contribution >= 4 is 28.4 Å². The maximum absolute atomic E-state index is 12.7. The molecule has 0 radical (unpaired) electrons. The predicted octanol–water partition coefficient (Wildman–Crippen LogP) is 4.21. The van der Waals surface area contributed by atoms with Crippen LogP contribution < -0.4 is 4.74 Å². The van der Waals surface area contributed by atoms with E-state index in [1.807, 2.05) is 6.07 Å². The van der Waals surface area contributed by atoms with Crippen LogP contribution in [0.3, 0.4) is 0 Å². The van der Waals surface area contributed by atoms with Gasteiger partial charge in [-0.3, -0.25) is 4.79 Å². The molecule has 19 heavy (non-hydrogen) atoms. The SMILES string of the molecule is CC(=O)c1ccc(OCc2ccc(F)cc2)cc1I. The summed E-state index contributed by atoms with van der Waals surface area (Å²) in [6.45, 7) is 1.91. The summed E-state index contributed by atoms with van der Waals surface area (Å²) in [7, 11) is 0. The molecule has 0 aromatic heterocycles. The second-order valence-corrected chi connectivity index (χ2v) is 5.28. The van der Waals surface area contributed by atoms with E-state index in [-0.39, 0.29) is 11.6 Å². The molecule has 98 valence electrons. The lowest BCUT2D eigenvalue weighted by molar-refractivity contribution is 0.101. The van der Waals surface area contributed by atoms with Crippen molar-refractivity contribution in [1.29, 1.82) is 0 Å². The number of ether oxygens (including phenoxy) is 1. The fraction of sp³-hybridized carbons (Fsp3) is 0.133. The van der Waals surface area contributed by atoms with Crippen molar-refractivity contribution in [2.75, 3.05) is 0 Å². The van der Waals surface area contributed by atoms with Gasteiger partial charge in [0, 0.05) is 9.13 Å². The third-order valence-electron chi connectivity index (χ3n) is 2.64. The van der Waals surface area contributed by atoms with Gasteiger partial charge in [-0.15, -0.1) is 0 Å². The fourth-order valence-electron chi connectivity index (χ4n) is 1.62. The van der Waals surface area contributed by atoms with Gasteiger partial charge in [0.15, 0.2) is 5.78 Å². The van der Waals surface area contributed by atoms with Gasteiger partial charge in [0.2, 0.25) is 0 Å². The first kappa shape index (κ1) is 14.0. The molecule has 0 bridgehead atoms. The van der Waals surface area contributed by atoms with Gasteiger partial charge in [-0.2, -0.15) is 0 Å². The third-order valence-corrected chi connectivity index (χ3v) is 3.53. The van der Waals surface area contributed by atoms with E-state index in [0.717, 1.165) is 9.13 Å². The zero-order valence-electron chi connectivity index (χ0n) is 10.3. The summed E-state index contributed by atoms with van der Waals surface area (Å²) in [5, 5.41) is 0. The highest BCUT2D eigenvalue weighted by Gasteiger charge is 2.06. The Morgan fingerprint density at radius 1 is 1.21 bits per heavy atom. The first-order valence-electron chi connectivity index (χ1n) is 5.74. The van der Waals surface area contributed by atoms with Gasteiger partial charge in [-0.05, 0) is 65.4 Å². The molecule has 2 aromatic carbocycles. The zero-order valence-corrected chi connectivity index (χ0v) is 12.5. The molecule has 2 rings (SSSR count). The zero-order chi connectivity index (χ0) is 13.8. The molecule has 0 aliphatic rings. The van der Waals surface area contributed by atoms with E-state index in [4.69, 9.17) is 4.74 Å². The van der Waals surface area contributed by atoms with Crippen LogP contribution in [0.2, 0.25) is 0 Å². The van der Waals surface area contributed by atoms with Crippen molar-refractivity contribution < 1.29 is 13.9 Å². The third kappa shape index (κ3) is 3.76. The molecule has 0 aliphatic carbocycles.